The van der Waals surface area contributed by atoms with Gasteiger partial charge >= 0.3 is 0 Å². The van der Waals surface area contributed by atoms with Crippen molar-refractivity contribution < 1.29 is 9.53 Å². The highest BCUT2D eigenvalue weighted by Crippen LogP contribution is 2.23. The molecule has 2 rings (SSSR count). The van der Waals surface area contributed by atoms with Crippen molar-refractivity contribution in [2.24, 2.45) is 0 Å². The van der Waals surface area contributed by atoms with Crippen LogP contribution in [0.1, 0.15) is 17.3 Å². The van der Waals surface area contributed by atoms with Crippen LogP contribution in [0.4, 0.5) is 0 Å². The number of carbonyl (C=O) groups is 1. The van der Waals surface area contributed by atoms with Crippen LogP contribution in [0.5, 0.6) is 5.75 Å². The van der Waals surface area contributed by atoms with E-state index in [2.05, 4.69) is 27.9 Å². The fraction of sp³-hybridized carbons (Fsp3) is 0.462. The van der Waals surface area contributed by atoms with Gasteiger partial charge in [0.1, 0.15) is 5.75 Å². The third-order valence-corrected chi connectivity index (χ3v) is 3.55. The molecule has 1 aliphatic rings. The first-order valence-electron chi connectivity index (χ1n) is 6.14. The maximum absolute atomic E-state index is 12.5. The molecular formula is C13H18ClIN2O2. The van der Waals surface area contributed by atoms with Gasteiger partial charge in [0.05, 0.1) is 12.2 Å². The summed E-state index contributed by atoms with van der Waals surface area (Å²) in [6, 6.07) is 5.73. The molecule has 1 aromatic carbocycles. The van der Waals surface area contributed by atoms with E-state index in [0.29, 0.717) is 17.9 Å². The Labute approximate surface area is 133 Å². The topological polar surface area (TPSA) is 41.6 Å². The molecule has 1 fully saturated rings. The quantitative estimate of drug-likeness (QED) is 0.796. The number of halogens is 2. The van der Waals surface area contributed by atoms with Gasteiger partial charge < -0.3 is 15.0 Å². The third kappa shape index (κ3) is 4.22. The summed E-state index contributed by atoms with van der Waals surface area (Å²) in [4.78, 5) is 14.3. The Kier molecular flexibility index (Phi) is 6.88. The predicted molar refractivity (Wildman–Crippen MR) is 86.3 cm³/mol. The van der Waals surface area contributed by atoms with Crippen LogP contribution in [0, 0.1) is 3.57 Å². The maximum atomic E-state index is 12.5. The smallest absolute Gasteiger partial charge is 0.257 e. The molecule has 0 atom stereocenters. The average molecular weight is 397 g/mol. The van der Waals surface area contributed by atoms with E-state index in [1.807, 2.05) is 30.0 Å². The second-order valence-electron chi connectivity index (χ2n) is 4.12. The van der Waals surface area contributed by atoms with Crippen molar-refractivity contribution in [3.63, 3.8) is 0 Å². The van der Waals surface area contributed by atoms with Gasteiger partial charge in [-0.3, -0.25) is 4.79 Å². The summed E-state index contributed by atoms with van der Waals surface area (Å²) in [5.41, 5.74) is 0.672. The summed E-state index contributed by atoms with van der Waals surface area (Å²) in [6.07, 6.45) is 0. The summed E-state index contributed by atoms with van der Waals surface area (Å²) in [6.45, 7) is 5.74. The van der Waals surface area contributed by atoms with Crippen molar-refractivity contribution in [3.05, 3.63) is 27.3 Å². The molecule has 1 heterocycles. The number of hydrogen-bond acceptors (Lipinski definition) is 3. The van der Waals surface area contributed by atoms with Crippen LogP contribution >= 0.6 is 35.0 Å². The van der Waals surface area contributed by atoms with E-state index in [9.17, 15) is 4.79 Å². The fourth-order valence-corrected chi connectivity index (χ4v) is 2.48. The summed E-state index contributed by atoms with van der Waals surface area (Å²) in [5, 5.41) is 3.25. The molecule has 0 saturated carbocycles. The van der Waals surface area contributed by atoms with Crippen LogP contribution in [-0.4, -0.2) is 43.6 Å². The molecular weight excluding hydrogens is 379 g/mol. The van der Waals surface area contributed by atoms with Gasteiger partial charge in [-0.05, 0) is 47.7 Å². The number of nitrogens with zero attached hydrogens (tertiary/aromatic N) is 1. The Morgan fingerprint density at radius 1 is 1.42 bits per heavy atom. The Hall–Kier alpha value is -0.530. The lowest BCUT2D eigenvalue weighted by atomic mass is 10.1. The Morgan fingerprint density at radius 2 is 2.11 bits per heavy atom. The largest absolute Gasteiger partial charge is 0.493 e. The SMILES string of the molecule is CCOc1ccc(I)cc1C(=O)N1CCNCC1.Cl. The molecule has 1 saturated heterocycles. The number of amides is 1. The maximum Gasteiger partial charge on any atom is 0.257 e. The van der Waals surface area contributed by atoms with E-state index in [0.717, 1.165) is 29.7 Å². The lowest BCUT2D eigenvalue weighted by Gasteiger charge is -2.28. The molecule has 106 valence electrons. The van der Waals surface area contributed by atoms with Crippen molar-refractivity contribution in [2.75, 3.05) is 32.8 Å². The van der Waals surface area contributed by atoms with E-state index in [4.69, 9.17) is 4.74 Å². The van der Waals surface area contributed by atoms with E-state index in [-0.39, 0.29) is 18.3 Å². The molecule has 0 radical (unpaired) electrons. The third-order valence-electron chi connectivity index (χ3n) is 2.88. The van der Waals surface area contributed by atoms with Gasteiger partial charge in [-0.1, -0.05) is 0 Å². The highest BCUT2D eigenvalue weighted by atomic mass is 127. The van der Waals surface area contributed by atoms with Crippen LogP contribution in [0.2, 0.25) is 0 Å². The van der Waals surface area contributed by atoms with E-state index >= 15 is 0 Å². The van der Waals surface area contributed by atoms with Crippen molar-refractivity contribution in [1.82, 2.24) is 10.2 Å². The van der Waals surface area contributed by atoms with Crippen LogP contribution in [0.15, 0.2) is 18.2 Å². The molecule has 19 heavy (non-hydrogen) atoms. The zero-order chi connectivity index (χ0) is 13.0. The van der Waals surface area contributed by atoms with Crippen molar-refractivity contribution in [2.45, 2.75) is 6.92 Å². The van der Waals surface area contributed by atoms with Crippen molar-refractivity contribution >= 4 is 40.9 Å². The van der Waals surface area contributed by atoms with E-state index in [1.54, 1.807) is 0 Å². The highest BCUT2D eigenvalue weighted by molar-refractivity contribution is 14.1. The van der Waals surface area contributed by atoms with Crippen LogP contribution in [-0.2, 0) is 0 Å². The first-order chi connectivity index (χ1) is 8.72. The van der Waals surface area contributed by atoms with Crippen molar-refractivity contribution in [3.8, 4) is 5.75 Å². The minimum absolute atomic E-state index is 0. The van der Waals surface area contributed by atoms with E-state index in [1.165, 1.54) is 0 Å². The number of piperazine rings is 1. The number of hydrogen-bond donors (Lipinski definition) is 1. The standard InChI is InChI=1S/C13H17IN2O2.ClH/c1-2-18-12-4-3-10(14)9-11(12)13(17)16-7-5-15-6-8-16;/h3-4,9,15H,2,5-8H2,1H3;1H. The minimum Gasteiger partial charge on any atom is -0.493 e. The zero-order valence-corrected chi connectivity index (χ0v) is 13.8. The highest BCUT2D eigenvalue weighted by Gasteiger charge is 2.21. The second-order valence-corrected chi connectivity index (χ2v) is 5.36. The van der Waals surface area contributed by atoms with Gasteiger partial charge in [-0.25, -0.2) is 0 Å². The summed E-state index contributed by atoms with van der Waals surface area (Å²) >= 11 is 2.22. The van der Waals surface area contributed by atoms with Gasteiger partial charge in [0.25, 0.3) is 5.91 Å². The molecule has 6 heteroatoms. The first-order valence-corrected chi connectivity index (χ1v) is 7.22. The van der Waals surface area contributed by atoms with Gasteiger partial charge in [-0.15, -0.1) is 12.4 Å². The summed E-state index contributed by atoms with van der Waals surface area (Å²) < 4.78 is 6.59. The summed E-state index contributed by atoms with van der Waals surface area (Å²) in [5.74, 6) is 0.750. The molecule has 0 bridgehead atoms. The molecule has 1 amide bonds. The van der Waals surface area contributed by atoms with Gasteiger partial charge in [0.2, 0.25) is 0 Å². The average Bonchev–Trinajstić information content (AvgIpc) is 2.41. The Bertz CT molecular complexity index is 437. The first kappa shape index (κ1) is 16.5. The van der Waals surface area contributed by atoms with Crippen LogP contribution in [0.3, 0.4) is 0 Å². The molecule has 4 nitrogen and oxygen atoms in total. The lowest BCUT2D eigenvalue weighted by Crippen LogP contribution is -2.46. The fourth-order valence-electron chi connectivity index (χ4n) is 1.99. The number of carbonyl (C=O) groups excluding carboxylic acids is 1. The predicted octanol–water partition coefficient (Wildman–Crippen LogP) is 2.16. The lowest BCUT2D eigenvalue weighted by molar-refractivity contribution is 0.0731. The normalized spacial score (nSPS) is 14.7. The van der Waals surface area contributed by atoms with E-state index < -0.39 is 0 Å². The summed E-state index contributed by atoms with van der Waals surface area (Å²) in [7, 11) is 0. The molecule has 0 spiro atoms. The molecule has 0 aromatic heterocycles. The zero-order valence-electron chi connectivity index (χ0n) is 10.8. The molecule has 1 N–H and O–H groups in total. The Balaban J connectivity index is 0.00000180. The molecule has 1 aliphatic heterocycles. The minimum atomic E-state index is 0. The molecule has 0 aliphatic carbocycles. The monoisotopic (exact) mass is 396 g/mol. The molecule has 1 aromatic rings. The van der Waals surface area contributed by atoms with Crippen LogP contribution in [0.25, 0.3) is 0 Å². The van der Waals surface area contributed by atoms with Crippen LogP contribution < -0.4 is 10.1 Å². The number of benzene rings is 1. The second kappa shape index (κ2) is 7.91. The number of nitrogens with one attached hydrogen (secondary N) is 1. The number of ether oxygens (including phenoxy) is 1. The Morgan fingerprint density at radius 3 is 2.74 bits per heavy atom. The van der Waals surface area contributed by atoms with Crippen molar-refractivity contribution in [1.29, 1.82) is 0 Å². The molecule has 0 unspecified atom stereocenters. The number of rotatable bonds is 3. The van der Waals surface area contributed by atoms with Gasteiger partial charge in [0, 0.05) is 29.7 Å². The van der Waals surface area contributed by atoms with Gasteiger partial charge in [0.15, 0.2) is 0 Å². The van der Waals surface area contributed by atoms with Gasteiger partial charge in [-0.2, -0.15) is 0 Å².